The molecule has 0 bridgehead atoms. The molecule has 3 aromatic carbocycles. The summed E-state index contributed by atoms with van der Waals surface area (Å²) in [5.74, 6) is -0.234. The van der Waals surface area contributed by atoms with Crippen LogP contribution in [0.2, 0.25) is 0 Å². The highest BCUT2D eigenvalue weighted by molar-refractivity contribution is 7.89. The summed E-state index contributed by atoms with van der Waals surface area (Å²) >= 11 is 0. The second-order valence-electron chi connectivity index (χ2n) is 9.55. The Kier molecular flexibility index (Phi) is 9.31. The first-order valence-corrected chi connectivity index (χ1v) is 14.6. The van der Waals surface area contributed by atoms with Crippen molar-refractivity contribution < 1.29 is 18.0 Å². The molecule has 38 heavy (non-hydrogen) atoms. The molecule has 0 saturated carbocycles. The third kappa shape index (κ3) is 6.68. The molecule has 0 N–H and O–H groups in total. The second-order valence-corrected chi connectivity index (χ2v) is 11.5. The minimum Gasteiger partial charge on any atom is -0.338 e. The maximum absolute atomic E-state index is 13.8. The molecule has 7 nitrogen and oxygen atoms in total. The fraction of sp³-hybridized carbons (Fsp3) is 0.333. The molecule has 3 aromatic rings. The van der Waals surface area contributed by atoms with Crippen molar-refractivity contribution in [3.05, 3.63) is 102 Å². The van der Waals surface area contributed by atoms with E-state index in [0.717, 1.165) is 5.56 Å². The van der Waals surface area contributed by atoms with Gasteiger partial charge in [0.05, 0.1) is 11.4 Å². The van der Waals surface area contributed by atoms with Crippen LogP contribution >= 0.6 is 0 Å². The highest BCUT2D eigenvalue weighted by Crippen LogP contribution is 2.23. The molecule has 0 aromatic heterocycles. The van der Waals surface area contributed by atoms with Gasteiger partial charge in [-0.3, -0.25) is 9.59 Å². The van der Waals surface area contributed by atoms with Crippen molar-refractivity contribution in [2.24, 2.45) is 0 Å². The van der Waals surface area contributed by atoms with Crippen LogP contribution in [0.5, 0.6) is 0 Å². The number of hydrogen-bond donors (Lipinski definition) is 0. The zero-order valence-corrected chi connectivity index (χ0v) is 22.6. The summed E-state index contributed by atoms with van der Waals surface area (Å²) in [5, 5.41) is 0. The number of hydrogen-bond acceptors (Lipinski definition) is 4. The number of benzene rings is 3. The van der Waals surface area contributed by atoms with E-state index in [-0.39, 0.29) is 35.8 Å². The maximum atomic E-state index is 13.8. The van der Waals surface area contributed by atoms with E-state index in [4.69, 9.17) is 0 Å². The van der Waals surface area contributed by atoms with Gasteiger partial charge in [-0.25, -0.2) is 8.42 Å². The van der Waals surface area contributed by atoms with Crippen LogP contribution in [0.25, 0.3) is 0 Å². The Hall–Kier alpha value is -3.49. The minimum atomic E-state index is -3.81. The van der Waals surface area contributed by atoms with Crippen LogP contribution in [0.3, 0.4) is 0 Å². The molecule has 1 saturated heterocycles. The number of carbonyl (C=O) groups is 2. The lowest BCUT2D eigenvalue weighted by atomic mass is 10.0. The molecule has 0 unspecified atom stereocenters. The number of amides is 2. The van der Waals surface area contributed by atoms with Gasteiger partial charge in [-0.15, -0.1) is 0 Å². The average Bonchev–Trinajstić information content (AvgIpc) is 2.97. The van der Waals surface area contributed by atoms with E-state index < -0.39 is 10.0 Å². The van der Waals surface area contributed by atoms with E-state index in [9.17, 15) is 18.0 Å². The van der Waals surface area contributed by atoms with E-state index >= 15 is 0 Å². The molecule has 4 rings (SSSR count). The fourth-order valence-corrected chi connectivity index (χ4v) is 6.36. The zero-order chi connectivity index (χ0) is 27.0. The second kappa shape index (κ2) is 12.8. The Morgan fingerprint density at radius 2 is 1.39 bits per heavy atom. The van der Waals surface area contributed by atoms with E-state index in [2.05, 4.69) is 0 Å². The Balaban J connectivity index is 1.52. The van der Waals surface area contributed by atoms with Crippen LogP contribution < -0.4 is 0 Å². The third-order valence-corrected chi connectivity index (χ3v) is 8.75. The van der Waals surface area contributed by atoms with Crippen molar-refractivity contribution >= 4 is 21.8 Å². The van der Waals surface area contributed by atoms with Crippen molar-refractivity contribution in [3.63, 3.8) is 0 Å². The first-order valence-electron chi connectivity index (χ1n) is 13.1. The van der Waals surface area contributed by atoms with Gasteiger partial charge >= 0.3 is 0 Å². The van der Waals surface area contributed by atoms with Crippen LogP contribution in [0, 0.1) is 0 Å². The summed E-state index contributed by atoms with van der Waals surface area (Å²) in [6.07, 6.45) is 1.87. The molecule has 1 aliphatic heterocycles. The van der Waals surface area contributed by atoms with Crippen molar-refractivity contribution in [3.8, 4) is 0 Å². The van der Waals surface area contributed by atoms with Crippen LogP contribution in [0.4, 0.5) is 0 Å². The Labute approximate surface area is 225 Å². The van der Waals surface area contributed by atoms with Crippen LogP contribution in [0.1, 0.15) is 42.1 Å². The Morgan fingerprint density at radius 1 is 0.842 bits per heavy atom. The summed E-state index contributed by atoms with van der Waals surface area (Å²) in [6.45, 7) is 3.41. The zero-order valence-electron chi connectivity index (χ0n) is 21.8. The van der Waals surface area contributed by atoms with Gasteiger partial charge in [-0.2, -0.15) is 4.31 Å². The molecule has 8 heteroatoms. The summed E-state index contributed by atoms with van der Waals surface area (Å²) in [6, 6.07) is 27.1. The number of nitrogens with zero attached hydrogens (tertiary/aromatic N) is 3. The average molecular weight is 534 g/mol. The highest BCUT2D eigenvalue weighted by atomic mass is 32.2. The van der Waals surface area contributed by atoms with Crippen molar-refractivity contribution in [1.82, 2.24) is 14.1 Å². The SMILES string of the molecule is CCCN(CC(=O)N(Cc1ccccc1)C1CCN(C(=O)c2ccccc2)CC1)S(=O)(=O)c1ccccc1. The molecule has 200 valence electrons. The van der Waals surface area contributed by atoms with Gasteiger partial charge in [0.2, 0.25) is 15.9 Å². The first kappa shape index (κ1) is 27.5. The predicted molar refractivity (Wildman–Crippen MR) is 148 cm³/mol. The molecular weight excluding hydrogens is 498 g/mol. The van der Waals surface area contributed by atoms with Crippen LogP contribution in [-0.2, 0) is 21.4 Å². The van der Waals surface area contributed by atoms with Gasteiger partial charge in [0.15, 0.2) is 0 Å². The van der Waals surface area contributed by atoms with Crippen LogP contribution in [-0.4, -0.2) is 66.6 Å². The summed E-state index contributed by atoms with van der Waals surface area (Å²) < 4.78 is 28.0. The number of piperidine rings is 1. The normalized spacial score (nSPS) is 14.4. The third-order valence-electron chi connectivity index (χ3n) is 6.89. The number of sulfonamides is 1. The highest BCUT2D eigenvalue weighted by Gasteiger charge is 2.33. The first-order chi connectivity index (χ1) is 18.4. The maximum Gasteiger partial charge on any atom is 0.253 e. The molecule has 1 heterocycles. The van der Waals surface area contributed by atoms with Gasteiger partial charge in [0.25, 0.3) is 5.91 Å². The number of likely N-dealkylation sites (tertiary alicyclic amines) is 1. The predicted octanol–water partition coefficient (Wildman–Crippen LogP) is 4.42. The topological polar surface area (TPSA) is 78.0 Å². The van der Waals surface area contributed by atoms with Crippen molar-refractivity contribution in [1.29, 1.82) is 0 Å². The lowest BCUT2D eigenvalue weighted by Gasteiger charge is -2.39. The van der Waals surface area contributed by atoms with Crippen molar-refractivity contribution in [2.75, 3.05) is 26.2 Å². The fourth-order valence-electron chi connectivity index (χ4n) is 4.86. The molecule has 0 aliphatic carbocycles. The summed E-state index contributed by atoms with van der Waals surface area (Å²) in [5.41, 5.74) is 1.64. The molecular formula is C30H35N3O4S. The van der Waals surface area contributed by atoms with Gasteiger partial charge < -0.3 is 9.80 Å². The van der Waals surface area contributed by atoms with E-state index in [0.29, 0.717) is 44.5 Å². The standard InChI is InChI=1S/C30H35N3O4S/c1-2-20-32(38(36,37)28-16-10-5-11-17-28)24-29(34)33(23-25-12-6-3-7-13-25)27-18-21-31(22-19-27)30(35)26-14-8-4-9-15-26/h3-17,27H,2,18-24H2,1H3. The smallest absolute Gasteiger partial charge is 0.253 e. The van der Waals surface area contributed by atoms with E-state index in [1.807, 2.05) is 77.4 Å². The number of carbonyl (C=O) groups excluding carboxylic acids is 2. The van der Waals surface area contributed by atoms with Gasteiger partial charge in [-0.05, 0) is 49.1 Å². The van der Waals surface area contributed by atoms with Crippen molar-refractivity contribution in [2.45, 2.75) is 43.7 Å². The molecule has 2 amide bonds. The molecule has 0 radical (unpaired) electrons. The van der Waals surface area contributed by atoms with E-state index in [1.54, 1.807) is 30.3 Å². The Bertz CT molecular complexity index is 1290. The quantitative estimate of drug-likeness (QED) is 0.387. The largest absolute Gasteiger partial charge is 0.338 e. The monoisotopic (exact) mass is 533 g/mol. The summed E-state index contributed by atoms with van der Waals surface area (Å²) in [7, 11) is -3.81. The minimum absolute atomic E-state index is 0.00642. The van der Waals surface area contributed by atoms with Gasteiger partial charge in [0.1, 0.15) is 0 Å². The van der Waals surface area contributed by atoms with Crippen LogP contribution in [0.15, 0.2) is 95.9 Å². The molecule has 0 spiro atoms. The number of rotatable bonds is 10. The lowest BCUT2D eigenvalue weighted by molar-refractivity contribution is -0.135. The Morgan fingerprint density at radius 3 is 1.97 bits per heavy atom. The molecule has 1 fully saturated rings. The van der Waals surface area contributed by atoms with Gasteiger partial charge in [0, 0.05) is 37.8 Å². The van der Waals surface area contributed by atoms with Gasteiger partial charge in [-0.1, -0.05) is 73.7 Å². The lowest BCUT2D eigenvalue weighted by Crippen LogP contribution is -2.51. The molecule has 0 atom stereocenters. The molecule has 1 aliphatic rings. The van der Waals surface area contributed by atoms with E-state index in [1.165, 1.54) is 4.31 Å². The summed E-state index contributed by atoms with van der Waals surface area (Å²) in [4.78, 5) is 30.5.